The SMILES string of the molecule is Cc1c(C(=O)Oc2ccccc2)oc2c1/C(=N/NC(=O)c1ccc(Br)cc1)CCC2. The van der Waals surface area contributed by atoms with Crippen molar-refractivity contribution >= 4 is 33.5 Å². The number of esters is 1. The molecule has 0 bridgehead atoms. The highest BCUT2D eigenvalue weighted by Crippen LogP contribution is 2.30. The van der Waals surface area contributed by atoms with Crippen molar-refractivity contribution in [1.82, 2.24) is 5.43 Å². The van der Waals surface area contributed by atoms with E-state index in [-0.39, 0.29) is 11.7 Å². The summed E-state index contributed by atoms with van der Waals surface area (Å²) in [7, 11) is 0. The van der Waals surface area contributed by atoms with Crippen molar-refractivity contribution < 1.29 is 18.7 Å². The molecule has 0 saturated heterocycles. The third kappa shape index (κ3) is 4.21. The predicted molar refractivity (Wildman–Crippen MR) is 116 cm³/mol. The fourth-order valence-corrected chi connectivity index (χ4v) is 3.67. The molecule has 6 nitrogen and oxygen atoms in total. The Morgan fingerprint density at radius 2 is 1.80 bits per heavy atom. The van der Waals surface area contributed by atoms with Crippen molar-refractivity contribution in [2.45, 2.75) is 26.2 Å². The zero-order chi connectivity index (χ0) is 21.1. The molecule has 1 N–H and O–H groups in total. The average molecular weight is 467 g/mol. The van der Waals surface area contributed by atoms with Crippen molar-refractivity contribution in [3.05, 3.63) is 87.3 Å². The lowest BCUT2D eigenvalue weighted by atomic mass is 9.93. The Bertz CT molecular complexity index is 1120. The maximum absolute atomic E-state index is 12.6. The number of ether oxygens (including phenoxy) is 1. The maximum atomic E-state index is 12.6. The minimum atomic E-state index is -0.550. The van der Waals surface area contributed by atoms with Gasteiger partial charge in [0.05, 0.1) is 5.71 Å². The third-order valence-electron chi connectivity index (χ3n) is 4.86. The number of carbonyl (C=O) groups excluding carboxylic acids is 2. The molecule has 30 heavy (non-hydrogen) atoms. The molecule has 0 radical (unpaired) electrons. The van der Waals surface area contributed by atoms with E-state index >= 15 is 0 Å². The van der Waals surface area contributed by atoms with Crippen LogP contribution in [0.2, 0.25) is 0 Å². The van der Waals surface area contributed by atoms with Crippen LogP contribution in [0.1, 0.15) is 50.6 Å². The molecule has 0 atom stereocenters. The Labute approximate surface area is 182 Å². The first-order valence-electron chi connectivity index (χ1n) is 9.55. The zero-order valence-electron chi connectivity index (χ0n) is 16.3. The molecule has 1 amide bonds. The first-order chi connectivity index (χ1) is 14.5. The molecule has 2 aromatic carbocycles. The minimum absolute atomic E-state index is 0.165. The Morgan fingerprint density at radius 1 is 1.07 bits per heavy atom. The minimum Gasteiger partial charge on any atom is -0.453 e. The molecule has 0 saturated carbocycles. The average Bonchev–Trinajstić information content (AvgIpc) is 3.10. The van der Waals surface area contributed by atoms with E-state index in [0.29, 0.717) is 41.2 Å². The van der Waals surface area contributed by atoms with Gasteiger partial charge in [0.15, 0.2) is 0 Å². The van der Waals surface area contributed by atoms with Gasteiger partial charge >= 0.3 is 5.97 Å². The number of benzene rings is 2. The van der Waals surface area contributed by atoms with E-state index in [4.69, 9.17) is 9.15 Å². The summed E-state index contributed by atoms with van der Waals surface area (Å²) in [5.74, 6) is 0.457. The maximum Gasteiger partial charge on any atom is 0.379 e. The van der Waals surface area contributed by atoms with Crippen LogP contribution in [-0.4, -0.2) is 17.6 Å². The summed E-state index contributed by atoms with van der Waals surface area (Å²) < 4.78 is 12.1. The molecule has 1 heterocycles. The highest BCUT2D eigenvalue weighted by atomic mass is 79.9. The third-order valence-corrected chi connectivity index (χ3v) is 5.39. The second kappa shape index (κ2) is 8.67. The fraction of sp³-hybridized carbons (Fsp3) is 0.174. The fourth-order valence-electron chi connectivity index (χ4n) is 3.40. The van der Waals surface area contributed by atoms with Gasteiger partial charge in [-0.15, -0.1) is 0 Å². The van der Waals surface area contributed by atoms with Gasteiger partial charge in [-0.1, -0.05) is 34.1 Å². The summed E-state index contributed by atoms with van der Waals surface area (Å²) in [6, 6.07) is 15.9. The van der Waals surface area contributed by atoms with Crippen LogP contribution in [0.5, 0.6) is 5.75 Å². The number of hydrogen-bond acceptors (Lipinski definition) is 5. The standard InChI is InChI=1S/C23H19BrN2O4/c1-14-20-18(25-26-22(27)15-10-12-16(24)13-11-15)8-5-9-19(20)30-21(14)23(28)29-17-6-3-2-4-7-17/h2-4,6-7,10-13H,5,8-9H2,1H3,(H,26,27)/b25-18+. The smallest absolute Gasteiger partial charge is 0.379 e. The van der Waals surface area contributed by atoms with Crippen LogP contribution in [0.4, 0.5) is 0 Å². The molecular formula is C23H19BrN2O4. The van der Waals surface area contributed by atoms with Gasteiger partial charge in [0.25, 0.3) is 5.91 Å². The van der Waals surface area contributed by atoms with Crippen LogP contribution in [0.3, 0.4) is 0 Å². The van der Waals surface area contributed by atoms with E-state index in [1.54, 1.807) is 55.5 Å². The molecule has 1 aromatic heterocycles. The summed E-state index contributed by atoms with van der Waals surface area (Å²) in [5, 5.41) is 4.33. The van der Waals surface area contributed by atoms with Crippen LogP contribution >= 0.6 is 15.9 Å². The lowest BCUT2D eigenvalue weighted by Gasteiger charge is -2.13. The second-order valence-electron chi connectivity index (χ2n) is 6.92. The summed E-state index contributed by atoms with van der Waals surface area (Å²) in [5.41, 5.74) is 5.26. The molecule has 152 valence electrons. The van der Waals surface area contributed by atoms with Crippen molar-refractivity contribution in [1.29, 1.82) is 0 Å². The molecule has 0 unspecified atom stereocenters. The van der Waals surface area contributed by atoms with Crippen molar-refractivity contribution in [2.75, 3.05) is 0 Å². The molecule has 1 aliphatic rings. The van der Waals surface area contributed by atoms with Gasteiger partial charge in [0.2, 0.25) is 5.76 Å². The van der Waals surface area contributed by atoms with Gasteiger partial charge in [-0.25, -0.2) is 10.2 Å². The number of rotatable bonds is 4. The number of carbonyl (C=O) groups is 2. The molecule has 1 aliphatic carbocycles. The number of aryl methyl sites for hydroxylation is 1. The number of para-hydroxylation sites is 1. The van der Waals surface area contributed by atoms with E-state index in [9.17, 15) is 9.59 Å². The van der Waals surface area contributed by atoms with E-state index in [0.717, 1.165) is 16.5 Å². The van der Waals surface area contributed by atoms with E-state index in [1.807, 2.05) is 6.07 Å². The number of nitrogens with one attached hydrogen (secondary N) is 1. The number of nitrogens with zero attached hydrogens (tertiary/aromatic N) is 1. The van der Waals surface area contributed by atoms with Gasteiger partial charge in [-0.05, 0) is 56.2 Å². The van der Waals surface area contributed by atoms with Crippen molar-refractivity contribution in [2.24, 2.45) is 5.10 Å². The highest BCUT2D eigenvalue weighted by molar-refractivity contribution is 9.10. The van der Waals surface area contributed by atoms with Crippen molar-refractivity contribution in [3.63, 3.8) is 0 Å². The highest BCUT2D eigenvalue weighted by Gasteiger charge is 2.29. The van der Waals surface area contributed by atoms with Crippen LogP contribution in [0.25, 0.3) is 0 Å². The number of amides is 1. The second-order valence-corrected chi connectivity index (χ2v) is 7.83. The topological polar surface area (TPSA) is 80.9 Å². The summed E-state index contributed by atoms with van der Waals surface area (Å²) in [6.45, 7) is 1.81. The van der Waals surface area contributed by atoms with Crippen molar-refractivity contribution in [3.8, 4) is 5.75 Å². The number of hydrogen-bond donors (Lipinski definition) is 1. The quantitative estimate of drug-likeness (QED) is 0.331. The Hall–Kier alpha value is -3.19. The summed E-state index contributed by atoms with van der Waals surface area (Å²) in [4.78, 5) is 25.0. The molecule has 4 rings (SSSR count). The Balaban J connectivity index is 1.56. The summed E-state index contributed by atoms with van der Waals surface area (Å²) >= 11 is 3.35. The van der Waals surface area contributed by atoms with Gasteiger partial charge in [-0.2, -0.15) is 5.10 Å². The number of halogens is 1. The van der Waals surface area contributed by atoms with Gasteiger partial charge in [0, 0.05) is 27.6 Å². The molecule has 7 heteroatoms. The largest absolute Gasteiger partial charge is 0.453 e. The van der Waals surface area contributed by atoms with Crippen LogP contribution in [-0.2, 0) is 6.42 Å². The van der Waals surface area contributed by atoms with Gasteiger partial charge in [-0.3, -0.25) is 4.79 Å². The van der Waals surface area contributed by atoms with E-state index in [1.165, 1.54) is 0 Å². The number of furan rings is 1. The first-order valence-corrected chi connectivity index (χ1v) is 10.3. The normalized spacial score (nSPS) is 14.3. The van der Waals surface area contributed by atoms with Crippen LogP contribution in [0.15, 0.2) is 68.6 Å². The molecule has 0 fully saturated rings. The molecule has 3 aromatic rings. The lowest BCUT2D eigenvalue weighted by molar-refractivity contribution is 0.0698. The van der Waals surface area contributed by atoms with Crippen LogP contribution in [0, 0.1) is 6.92 Å². The molecule has 0 spiro atoms. The van der Waals surface area contributed by atoms with E-state index < -0.39 is 5.97 Å². The Morgan fingerprint density at radius 3 is 2.53 bits per heavy atom. The lowest BCUT2D eigenvalue weighted by Crippen LogP contribution is -2.22. The Kier molecular flexibility index (Phi) is 5.81. The van der Waals surface area contributed by atoms with Crippen LogP contribution < -0.4 is 10.2 Å². The van der Waals surface area contributed by atoms with E-state index in [2.05, 4.69) is 26.5 Å². The van der Waals surface area contributed by atoms with Gasteiger partial charge < -0.3 is 9.15 Å². The predicted octanol–water partition coefficient (Wildman–Crippen LogP) is 5.04. The molecule has 0 aliphatic heterocycles. The summed E-state index contributed by atoms with van der Waals surface area (Å²) in [6.07, 6.45) is 2.20. The first kappa shape index (κ1) is 20.1. The zero-order valence-corrected chi connectivity index (χ0v) is 17.9. The monoisotopic (exact) mass is 466 g/mol. The molecular weight excluding hydrogens is 448 g/mol. The number of hydrazone groups is 1. The van der Waals surface area contributed by atoms with Gasteiger partial charge in [0.1, 0.15) is 11.5 Å². The number of fused-ring (bicyclic) bond motifs is 1.